The molecular formula is C16H28Zr. The number of allylic oxidation sites excluding steroid dienone is 4. The fourth-order valence-corrected chi connectivity index (χ4v) is 1.74. The molecule has 0 aliphatic heterocycles. The maximum Gasteiger partial charge on any atom is 2.00 e. The van der Waals surface area contributed by atoms with E-state index in [1.54, 1.807) is 0 Å². The molecule has 0 aliphatic carbocycles. The molecule has 0 saturated carbocycles. The molecule has 0 fully saturated rings. The first kappa shape index (κ1) is 19.7. The van der Waals surface area contributed by atoms with Crippen molar-refractivity contribution in [1.29, 1.82) is 0 Å². The molecule has 0 unspecified atom stereocenters. The summed E-state index contributed by atoms with van der Waals surface area (Å²) in [7, 11) is 0. The molecule has 0 amide bonds. The Labute approximate surface area is 128 Å². The van der Waals surface area contributed by atoms with Crippen molar-refractivity contribution in [2.45, 2.75) is 79.1 Å². The first-order valence-electron chi connectivity index (χ1n) is 6.99. The Balaban J connectivity index is 0. The molecule has 0 radical (unpaired) electrons. The van der Waals surface area contributed by atoms with Gasteiger partial charge in [-0.25, -0.2) is 0 Å². The van der Waals surface area contributed by atoms with Crippen LogP contribution in [0.3, 0.4) is 0 Å². The molecule has 0 rings (SSSR count). The second-order valence-corrected chi connectivity index (χ2v) is 4.31. The molecule has 0 aromatic heterocycles. The Hall–Kier alpha value is 0.363. The topological polar surface area (TPSA) is 0 Å². The Bertz CT molecular complexity index is 190. The van der Waals surface area contributed by atoms with Gasteiger partial charge in [-0.15, -0.1) is 25.7 Å². The standard InChI is InChI=1S/C16H28.Zr/c1-5-9-13-15(11-7-3)16(12-8-4)14-10-6-2;/h5-12H2,1-4H3;/q-2;+2. The summed E-state index contributed by atoms with van der Waals surface area (Å²) in [5.41, 5.74) is 2.89. The largest absolute Gasteiger partial charge is 2.00 e. The summed E-state index contributed by atoms with van der Waals surface area (Å²) in [6.07, 6.45) is 16.5. The molecule has 0 spiro atoms. The minimum absolute atomic E-state index is 0. The van der Waals surface area contributed by atoms with Gasteiger partial charge in [0, 0.05) is 0 Å². The van der Waals surface area contributed by atoms with E-state index in [9.17, 15) is 0 Å². The zero-order valence-corrected chi connectivity index (χ0v) is 14.6. The van der Waals surface area contributed by atoms with Gasteiger partial charge >= 0.3 is 26.2 Å². The number of rotatable bonds is 9. The Morgan fingerprint density at radius 1 is 0.647 bits per heavy atom. The first-order chi connectivity index (χ1) is 7.79. The monoisotopic (exact) mass is 310 g/mol. The smallest absolute Gasteiger partial charge is 0.373 e. The van der Waals surface area contributed by atoms with Crippen molar-refractivity contribution in [2.24, 2.45) is 0 Å². The number of unbranched alkanes of at least 4 members (excludes halogenated alkanes) is 2. The van der Waals surface area contributed by atoms with Gasteiger partial charge in [-0.3, -0.25) is 0 Å². The van der Waals surface area contributed by atoms with Gasteiger partial charge in [-0.2, -0.15) is 0 Å². The summed E-state index contributed by atoms with van der Waals surface area (Å²) < 4.78 is 0. The van der Waals surface area contributed by atoms with Crippen LogP contribution in [0.2, 0.25) is 0 Å². The van der Waals surface area contributed by atoms with Crippen LogP contribution in [-0.4, -0.2) is 0 Å². The van der Waals surface area contributed by atoms with E-state index in [0.717, 1.165) is 12.8 Å². The normalized spacial score (nSPS) is 12.5. The van der Waals surface area contributed by atoms with Gasteiger partial charge in [-0.1, -0.05) is 53.4 Å². The molecule has 1 heteroatoms. The van der Waals surface area contributed by atoms with Crippen LogP contribution >= 0.6 is 0 Å². The fraction of sp³-hybridized carbons (Fsp3) is 0.750. The minimum Gasteiger partial charge on any atom is -0.373 e. The van der Waals surface area contributed by atoms with Crippen molar-refractivity contribution in [3.8, 4) is 0 Å². The summed E-state index contributed by atoms with van der Waals surface area (Å²) in [5, 5.41) is 0. The molecule has 0 nitrogen and oxygen atoms in total. The van der Waals surface area contributed by atoms with Crippen LogP contribution in [0.15, 0.2) is 11.1 Å². The van der Waals surface area contributed by atoms with Crippen LogP contribution in [0.4, 0.5) is 0 Å². The van der Waals surface area contributed by atoms with Crippen LogP contribution in [0.1, 0.15) is 79.1 Å². The second-order valence-electron chi connectivity index (χ2n) is 4.31. The maximum atomic E-state index is 3.58. The van der Waals surface area contributed by atoms with Crippen molar-refractivity contribution in [3.05, 3.63) is 23.3 Å². The van der Waals surface area contributed by atoms with E-state index >= 15 is 0 Å². The van der Waals surface area contributed by atoms with Crippen LogP contribution in [0, 0.1) is 12.2 Å². The Morgan fingerprint density at radius 3 is 1.24 bits per heavy atom. The average molecular weight is 312 g/mol. The summed E-state index contributed by atoms with van der Waals surface area (Å²) in [4.78, 5) is 0. The van der Waals surface area contributed by atoms with Gasteiger partial charge in [0.05, 0.1) is 0 Å². The molecular weight excluding hydrogens is 283 g/mol. The molecule has 0 N–H and O–H groups in total. The van der Waals surface area contributed by atoms with E-state index < -0.39 is 0 Å². The maximum absolute atomic E-state index is 3.58. The molecule has 0 aromatic rings. The molecule has 0 saturated heterocycles. The van der Waals surface area contributed by atoms with Crippen molar-refractivity contribution in [2.75, 3.05) is 0 Å². The molecule has 0 atom stereocenters. The zero-order chi connectivity index (χ0) is 12.2. The number of hydrogen-bond donors (Lipinski definition) is 0. The van der Waals surface area contributed by atoms with Crippen molar-refractivity contribution in [1.82, 2.24) is 0 Å². The predicted molar refractivity (Wildman–Crippen MR) is 73.1 cm³/mol. The van der Waals surface area contributed by atoms with Crippen LogP contribution in [-0.2, 0) is 26.2 Å². The third-order valence-corrected chi connectivity index (χ3v) is 2.54. The van der Waals surface area contributed by atoms with E-state index in [1.165, 1.54) is 49.7 Å². The van der Waals surface area contributed by atoms with E-state index in [-0.39, 0.29) is 26.2 Å². The summed E-state index contributed by atoms with van der Waals surface area (Å²) in [6, 6.07) is 0. The van der Waals surface area contributed by atoms with Gasteiger partial charge in [0.15, 0.2) is 0 Å². The molecule has 0 bridgehead atoms. The summed E-state index contributed by atoms with van der Waals surface area (Å²) in [6.45, 7) is 8.93. The molecule has 17 heavy (non-hydrogen) atoms. The minimum atomic E-state index is 0. The Kier molecular flexibility index (Phi) is 16.7. The SMILES string of the molecule is CCC[C-]=C(CCC)C(=[C-]CCC)CCC.[Zr+2]. The molecule has 0 heterocycles. The quantitative estimate of drug-likeness (QED) is 0.381. The van der Waals surface area contributed by atoms with Gasteiger partial charge in [0.1, 0.15) is 0 Å². The van der Waals surface area contributed by atoms with E-state index in [1.807, 2.05) is 0 Å². The summed E-state index contributed by atoms with van der Waals surface area (Å²) >= 11 is 0. The van der Waals surface area contributed by atoms with Crippen molar-refractivity contribution >= 4 is 0 Å². The predicted octanol–water partition coefficient (Wildman–Crippen LogP) is 5.64. The van der Waals surface area contributed by atoms with Crippen molar-refractivity contribution in [3.63, 3.8) is 0 Å². The summed E-state index contributed by atoms with van der Waals surface area (Å²) in [5.74, 6) is 0. The molecule has 96 valence electrons. The third kappa shape index (κ3) is 10.0. The van der Waals surface area contributed by atoms with Gasteiger partial charge in [0.2, 0.25) is 0 Å². The van der Waals surface area contributed by atoms with Crippen LogP contribution in [0.5, 0.6) is 0 Å². The van der Waals surface area contributed by atoms with Crippen LogP contribution < -0.4 is 0 Å². The molecule has 0 aromatic carbocycles. The van der Waals surface area contributed by atoms with E-state index in [2.05, 4.69) is 39.8 Å². The van der Waals surface area contributed by atoms with E-state index in [0.29, 0.717) is 0 Å². The fourth-order valence-electron chi connectivity index (χ4n) is 1.74. The first-order valence-corrected chi connectivity index (χ1v) is 6.99. The molecule has 0 aliphatic rings. The average Bonchev–Trinajstić information content (AvgIpc) is 2.30. The van der Waals surface area contributed by atoms with Crippen molar-refractivity contribution < 1.29 is 26.2 Å². The second kappa shape index (κ2) is 14.4. The van der Waals surface area contributed by atoms with Gasteiger partial charge < -0.3 is 23.3 Å². The van der Waals surface area contributed by atoms with Gasteiger partial charge in [-0.05, 0) is 0 Å². The third-order valence-electron chi connectivity index (χ3n) is 2.54. The van der Waals surface area contributed by atoms with E-state index in [4.69, 9.17) is 0 Å². The zero-order valence-electron chi connectivity index (χ0n) is 12.2. The van der Waals surface area contributed by atoms with Crippen LogP contribution in [0.25, 0.3) is 0 Å². The Morgan fingerprint density at radius 2 is 1.00 bits per heavy atom. The number of hydrogen-bond acceptors (Lipinski definition) is 0. The van der Waals surface area contributed by atoms with Gasteiger partial charge in [0.25, 0.3) is 0 Å².